The van der Waals surface area contributed by atoms with Gasteiger partial charge in [-0.05, 0) is 22.4 Å². The molecule has 2 N–H and O–H groups in total. The first-order valence-corrected chi connectivity index (χ1v) is 3.72. The van der Waals surface area contributed by atoms with Gasteiger partial charge in [-0.15, -0.1) is 0 Å². The van der Waals surface area contributed by atoms with E-state index in [1.165, 1.54) is 11.3 Å². The van der Waals surface area contributed by atoms with Gasteiger partial charge in [0.05, 0.1) is 6.04 Å². The number of nitrogens with two attached hydrogens (primary N) is 1. The highest BCUT2D eigenvalue weighted by Gasteiger charge is 2.16. The van der Waals surface area contributed by atoms with Crippen molar-refractivity contribution in [3.63, 3.8) is 0 Å². The van der Waals surface area contributed by atoms with Crippen molar-refractivity contribution < 1.29 is 8.78 Å². The molecule has 0 bridgehead atoms. The molecule has 0 fully saturated rings. The maximum absolute atomic E-state index is 11.9. The summed E-state index contributed by atoms with van der Waals surface area (Å²) in [6.45, 7) is 0. The van der Waals surface area contributed by atoms with Crippen LogP contribution in [0.5, 0.6) is 0 Å². The first-order chi connectivity index (χ1) is 4.72. The standard InChI is InChI=1S/C6H7F2NS/c7-6(8)5(9)4-1-2-10-3-4/h1-3,5-6H,9H2/t5-/m1/s1. The number of alkyl halides is 2. The van der Waals surface area contributed by atoms with Crippen LogP contribution in [0, 0.1) is 0 Å². The monoisotopic (exact) mass is 163 g/mol. The molecular weight excluding hydrogens is 156 g/mol. The molecule has 1 heterocycles. The van der Waals surface area contributed by atoms with E-state index in [9.17, 15) is 8.78 Å². The molecule has 0 aromatic carbocycles. The third-order valence-electron chi connectivity index (χ3n) is 1.20. The number of halogens is 2. The smallest absolute Gasteiger partial charge is 0.257 e. The van der Waals surface area contributed by atoms with E-state index in [4.69, 9.17) is 5.73 Å². The van der Waals surface area contributed by atoms with Crippen molar-refractivity contribution in [1.29, 1.82) is 0 Å². The van der Waals surface area contributed by atoms with Crippen LogP contribution in [0.15, 0.2) is 16.8 Å². The molecule has 0 aliphatic carbocycles. The normalized spacial score (nSPS) is 14.0. The predicted molar refractivity (Wildman–Crippen MR) is 37.3 cm³/mol. The largest absolute Gasteiger partial charge is 0.319 e. The summed E-state index contributed by atoms with van der Waals surface area (Å²) in [6, 6.07) is 0.493. The highest BCUT2D eigenvalue weighted by atomic mass is 32.1. The maximum Gasteiger partial charge on any atom is 0.257 e. The summed E-state index contributed by atoms with van der Waals surface area (Å²) in [4.78, 5) is 0. The fourth-order valence-electron chi connectivity index (χ4n) is 0.610. The van der Waals surface area contributed by atoms with Crippen molar-refractivity contribution in [1.82, 2.24) is 0 Å². The van der Waals surface area contributed by atoms with E-state index >= 15 is 0 Å². The van der Waals surface area contributed by atoms with Gasteiger partial charge in [0.15, 0.2) is 0 Å². The average Bonchev–Trinajstić information content (AvgIpc) is 2.36. The SMILES string of the molecule is N[C@H](c1ccsc1)C(F)F. The number of thiophene rings is 1. The van der Waals surface area contributed by atoms with Gasteiger partial charge in [-0.2, -0.15) is 11.3 Å². The van der Waals surface area contributed by atoms with Crippen molar-refractivity contribution in [3.05, 3.63) is 22.4 Å². The van der Waals surface area contributed by atoms with Crippen LogP contribution < -0.4 is 5.73 Å². The summed E-state index contributed by atoms with van der Waals surface area (Å²) in [5, 5.41) is 3.37. The van der Waals surface area contributed by atoms with E-state index < -0.39 is 12.5 Å². The Kier molecular flexibility index (Phi) is 2.34. The number of rotatable bonds is 2. The first-order valence-electron chi connectivity index (χ1n) is 2.77. The minimum atomic E-state index is -2.46. The van der Waals surface area contributed by atoms with Crippen LogP contribution in [0.3, 0.4) is 0 Å². The van der Waals surface area contributed by atoms with Crippen molar-refractivity contribution in [2.24, 2.45) is 5.73 Å². The topological polar surface area (TPSA) is 26.0 Å². The molecule has 10 heavy (non-hydrogen) atoms. The summed E-state index contributed by atoms with van der Waals surface area (Å²) >= 11 is 1.37. The zero-order valence-corrected chi connectivity index (χ0v) is 5.94. The van der Waals surface area contributed by atoms with Gasteiger partial charge in [-0.3, -0.25) is 0 Å². The Morgan fingerprint density at radius 2 is 2.20 bits per heavy atom. The van der Waals surface area contributed by atoms with Gasteiger partial charge in [0, 0.05) is 0 Å². The third kappa shape index (κ3) is 1.52. The Morgan fingerprint density at radius 3 is 2.60 bits per heavy atom. The molecule has 56 valence electrons. The Morgan fingerprint density at radius 1 is 1.50 bits per heavy atom. The van der Waals surface area contributed by atoms with Crippen molar-refractivity contribution in [2.45, 2.75) is 12.5 Å². The van der Waals surface area contributed by atoms with Gasteiger partial charge in [0.1, 0.15) is 0 Å². The molecule has 4 heteroatoms. The number of hydrogen-bond acceptors (Lipinski definition) is 2. The summed E-state index contributed by atoms with van der Waals surface area (Å²) in [5.74, 6) is 0. The van der Waals surface area contributed by atoms with Crippen molar-refractivity contribution in [3.8, 4) is 0 Å². The predicted octanol–water partition coefficient (Wildman–Crippen LogP) is 2.01. The Bertz CT molecular complexity index is 186. The van der Waals surface area contributed by atoms with E-state index in [1.807, 2.05) is 0 Å². The summed E-state index contributed by atoms with van der Waals surface area (Å²) in [7, 11) is 0. The van der Waals surface area contributed by atoms with E-state index in [0.717, 1.165) is 0 Å². The average molecular weight is 163 g/mol. The molecular formula is C6H7F2NS. The van der Waals surface area contributed by atoms with Crippen LogP contribution in [-0.4, -0.2) is 6.43 Å². The second-order valence-corrected chi connectivity index (χ2v) is 2.70. The van der Waals surface area contributed by atoms with Crippen LogP contribution in [-0.2, 0) is 0 Å². The van der Waals surface area contributed by atoms with Gasteiger partial charge in [0.25, 0.3) is 6.43 Å². The quantitative estimate of drug-likeness (QED) is 0.709. The highest BCUT2D eigenvalue weighted by Crippen LogP contribution is 2.19. The molecule has 1 aromatic rings. The van der Waals surface area contributed by atoms with Crippen LogP contribution in [0.1, 0.15) is 11.6 Å². The summed E-state index contributed by atoms with van der Waals surface area (Å²) < 4.78 is 23.7. The Hall–Kier alpha value is -0.480. The maximum atomic E-state index is 11.9. The highest BCUT2D eigenvalue weighted by molar-refractivity contribution is 7.07. The fourth-order valence-corrected chi connectivity index (χ4v) is 1.32. The van der Waals surface area contributed by atoms with Crippen molar-refractivity contribution in [2.75, 3.05) is 0 Å². The van der Waals surface area contributed by atoms with Crippen LogP contribution in [0.4, 0.5) is 8.78 Å². The lowest BCUT2D eigenvalue weighted by atomic mass is 10.2. The minimum absolute atomic E-state index is 0.514. The summed E-state index contributed by atoms with van der Waals surface area (Å²) in [6.07, 6.45) is -2.46. The van der Waals surface area contributed by atoms with E-state index in [0.29, 0.717) is 5.56 Å². The molecule has 1 aromatic heterocycles. The molecule has 0 saturated carbocycles. The van der Waals surface area contributed by atoms with Crippen molar-refractivity contribution >= 4 is 11.3 Å². The molecule has 0 spiro atoms. The molecule has 0 amide bonds. The lowest BCUT2D eigenvalue weighted by molar-refractivity contribution is 0.116. The van der Waals surface area contributed by atoms with Gasteiger partial charge in [0.2, 0.25) is 0 Å². The second-order valence-electron chi connectivity index (χ2n) is 1.92. The molecule has 1 atom stereocenters. The molecule has 0 aliphatic rings. The van der Waals surface area contributed by atoms with Gasteiger partial charge < -0.3 is 5.73 Å². The van der Waals surface area contributed by atoms with Gasteiger partial charge in [-0.25, -0.2) is 8.78 Å². The van der Waals surface area contributed by atoms with Crippen LogP contribution in [0.2, 0.25) is 0 Å². The first kappa shape index (κ1) is 7.63. The zero-order valence-electron chi connectivity index (χ0n) is 5.13. The lowest BCUT2D eigenvalue weighted by Gasteiger charge is -2.06. The Balaban J connectivity index is 2.68. The number of hydrogen-bond donors (Lipinski definition) is 1. The molecule has 0 unspecified atom stereocenters. The zero-order chi connectivity index (χ0) is 7.56. The fraction of sp³-hybridized carbons (Fsp3) is 0.333. The van der Waals surface area contributed by atoms with Crippen LogP contribution in [0.25, 0.3) is 0 Å². The molecule has 1 nitrogen and oxygen atoms in total. The lowest BCUT2D eigenvalue weighted by Crippen LogP contribution is -2.17. The molecule has 0 aliphatic heterocycles. The molecule has 0 saturated heterocycles. The van der Waals surface area contributed by atoms with Gasteiger partial charge in [-0.1, -0.05) is 0 Å². The van der Waals surface area contributed by atoms with E-state index in [2.05, 4.69) is 0 Å². The molecule has 0 radical (unpaired) electrons. The van der Waals surface area contributed by atoms with Crippen LogP contribution >= 0.6 is 11.3 Å². The Labute approximate surface area is 61.5 Å². The third-order valence-corrected chi connectivity index (χ3v) is 1.90. The molecule has 1 rings (SSSR count). The second kappa shape index (κ2) is 3.07. The van der Waals surface area contributed by atoms with Gasteiger partial charge >= 0.3 is 0 Å². The minimum Gasteiger partial charge on any atom is -0.319 e. The summed E-state index contributed by atoms with van der Waals surface area (Å²) in [5.41, 5.74) is 5.65. The van der Waals surface area contributed by atoms with E-state index in [1.54, 1.807) is 16.8 Å². The van der Waals surface area contributed by atoms with E-state index in [-0.39, 0.29) is 0 Å².